The van der Waals surface area contributed by atoms with Gasteiger partial charge in [-0.05, 0) is 18.6 Å². The average Bonchev–Trinajstić information content (AvgIpc) is 2.01. The van der Waals surface area contributed by atoms with Crippen molar-refractivity contribution in [2.24, 2.45) is 0 Å². The van der Waals surface area contributed by atoms with Gasteiger partial charge in [-0.3, -0.25) is 4.98 Å². The van der Waals surface area contributed by atoms with Crippen LogP contribution in [-0.2, 0) is 12.6 Å². The van der Waals surface area contributed by atoms with Crippen molar-refractivity contribution < 1.29 is 18.3 Å². The monoisotopic (exact) mass is 205 g/mol. The van der Waals surface area contributed by atoms with Crippen LogP contribution < -0.4 is 0 Å². The molecule has 1 aromatic rings. The smallest absolute Gasteiger partial charge is 0.393 e. The van der Waals surface area contributed by atoms with Crippen LogP contribution in [0.25, 0.3) is 0 Å². The van der Waals surface area contributed by atoms with Crippen LogP contribution in [0.1, 0.15) is 18.1 Å². The van der Waals surface area contributed by atoms with Crippen LogP contribution in [0, 0.1) is 0 Å². The topological polar surface area (TPSA) is 33.1 Å². The number of aromatic nitrogens is 1. The number of aliphatic hydroxyl groups excluding tert-OH is 1. The summed E-state index contributed by atoms with van der Waals surface area (Å²) in [4.78, 5) is 3.60. The van der Waals surface area contributed by atoms with Crippen molar-refractivity contribution in [2.45, 2.75) is 25.6 Å². The van der Waals surface area contributed by atoms with Crippen molar-refractivity contribution in [1.82, 2.24) is 4.98 Å². The largest absolute Gasteiger partial charge is 0.416 e. The SMILES string of the molecule is C[C@@H](O)Cc1cnccc1C(F)(F)F. The van der Waals surface area contributed by atoms with Gasteiger partial charge in [-0.25, -0.2) is 0 Å². The van der Waals surface area contributed by atoms with Crippen molar-refractivity contribution in [1.29, 1.82) is 0 Å². The first kappa shape index (κ1) is 11.0. The van der Waals surface area contributed by atoms with Crippen LogP contribution in [0.15, 0.2) is 18.5 Å². The lowest BCUT2D eigenvalue weighted by atomic mass is 10.0. The van der Waals surface area contributed by atoms with E-state index < -0.39 is 17.8 Å². The van der Waals surface area contributed by atoms with Gasteiger partial charge in [-0.2, -0.15) is 13.2 Å². The maximum Gasteiger partial charge on any atom is 0.416 e. The van der Waals surface area contributed by atoms with E-state index in [1.165, 1.54) is 6.92 Å². The highest BCUT2D eigenvalue weighted by Gasteiger charge is 2.33. The number of hydrogen-bond acceptors (Lipinski definition) is 2. The third kappa shape index (κ3) is 2.70. The second-order valence-electron chi connectivity index (χ2n) is 3.08. The Bertz CT molecular complexity index is 309. The van der Waals surface area contributed by atoms with Crippen molar-refractivity contribution in [3.05, 3.63) is 29.6 Å². The molecule has 0 aromatic carbocycles. The van der Waals surface area contributed by atoms with Crippen LogP contribution in [0.5, 0.6) is 0 Å². The molecule has 0 saturated carbocycles. The molecule has 0 aliphatic carbocycles. The van der Waals surface area contributed by atoms with Gasteiger partial charge in [-0.1, -0.05) is 0 Å². The Kier molecular flexibility index (Phi) is 3.10. The quantitative estimate of drug-likeness (QED) is 0.801. The molecular formula is C9H10F3NO. The lowest BCUT2D eigenvalue weighted by molar-refractivity contribution is -0.138. The van der Waals surface area contributed by atoms with Crippen molar-refractivity contribution >= 4 is 0 Å². The van der Waals surface area contributed by atoms with E-state index in [4.69, 9.17) is 5.11 Å². The molecular weight excluding hydrogens is 195 g/mol. The summed E-state index contributed by atoms with van der Waals surface area (Å²) in [6, 6.07) is 0.914. The summed E-state index contributed by atoms with van der Waals surface area (Å²) >= 11 is 0. The molecule has 1 heterocycles. The van der Waals surface area contributed by atoms with Gasteiger partial charge in [0.25, 0.3) is 0 Å². The third-order valence-electron chi connectivity index (χ3n) is 1.72. The lowest BCUT2D eigenvalue weighted by Gasteiger charge is -2.12. The Hall–Kier alpha value is -1.10. The molecule has 2 nitrogen and oxygen atoms in total. The number of halogens is 3. The molecule has 0 radical (unpaired) electrons. The normalized spacial score (nSPS) is 14.1. The zero-order valence-electron chi connectivity index (χ0n) is 7.54. The summed E-state index contributed by atoms with van der Waals surface area (Å²) in [7, 11) is 0. The van der Waals surface area contributed by atoms with Crippen LogP contribution in [-0.4, -0.2) is 16.2 Å². The molecule has 0 saturated heterocycles. The van der Waals surface area contributed by atoms with E-state index in [2.05, 4.69) is 4.98 Å². The van der Waals surface area contributed by atoms with Crippen LogP contribution >= 0.6 is 0 Å². The Morgan fingerprint density at radius 1 is 1.50 bits per heavy atom. The molecule has 0 fully saturated rings. The summed E-state index contributed by atoms with van der Waals surface area (Å²) < 4.78 is 37.2. The molecule has 1 N–H and O–H groups in total. The standard InChI is InChI=1S/C9H10F3NO/c1-6(14)4-7-5-13-3-2-8(7)9(10,11)12/h2-3,5-6,14H,4H2,1H3/t6-/m1/s1. The van der Waals surface area contributed by atoms with E-state index in [1.54, 1.807) is 0 Å². The fourth-order valence-electron chi connectivity index (χ4n) is 1.18. The molecule has 0 unspecified atom stereocenters. The minimum atomic E-state index is -4.38. The Labute approximate surface area is 79.4 Å². The minimum absolute atomic E-state index is 0.0231. The van der Waals surface area contributed by atoms with Crippen molar-refractivity contribution in [3.63, 3.8) is 0 Å². The van der Waals surface area contributed by atoms with Crippen LogP contribution in [0.3, 0.4) is 0 Å². The first-order chi connectivity index (χ1) is 6.41. The van der Waals surface area contributed by atoms with Crippen LogP contribution in [0.4, 0.5) is 13.2 Å². The molecule has 5 heteroatoms. The fourth-order valence-corrected chi connectivity index (χ4v) is 1.18. The predicted octanol–water partition coefficient (Wildman–Crippen LogP) is 2.02. The molecule has 78 valence electrons. The van der Waals surface area contributed by atoms with Gasteiger partial charge in [0.1, 0.15) is 0 Å². The summed E-state index contributed by atoms with van der Waals surface area (Å²) in [6.45, 7) is 1.44. The highest BCUT2D eigenvalue weighted by Crippen LogP contribution is 2.31. The van der Waals surface area contributed by atoms with E-state index in [-0.39, 0.29) is 12.0 Å². The molecule has 14 heavy (non-hydrogen) atoms. The average molecular weight is 205 g/mol. The number of nitrogens with zero attached hydrogens (tertiary/aromatic N) is 1. The summed E-state index contributed by atoms with van der Waals surface area (Å²) in [5.41, 5.74) is -0.705. The number of aliphatic hydroxyl groups is 1. The van der Waals surface area contributed by atoms with Gasteiger partial charge in [0.15, 0.2) is 0 Å². The highest BCUT2D eigenvalue weighted by atomic mass is 19.4. The van der Waals surface area contributed by atoms with E-state index >= 15 is 0 Å². The van der Waals surface area contributed by atoms with Gasteiger partial charge in [0, 0.05) is 18.8 Å². The molecule has 0 aliphatic heterocycles. The lowest BCUT2D eigenvalue weighted by Crippen LogP contribution is -2.13. The number of alkyl halides is 3. The highest BCUT2D eigenvalue weighted by molar-refractivity contribution is 5.26. The van der Waals surface area contributed by atoms with Crippen LogP contribution in [0.2, 0.25) is 0 Å². The zero-order valence-corrected chi connectivity index (χ0v) is 7.54. The maximum atomic E-state index is 12.4. The molecule has 1 atom stereocenters. The maximum absolute atomic E-state index is 12.4. The number of pyridine rings is 1. The summed E-state index contributed by atoms with van der Waals surface area (Å²) in [6.07, 6.45) is -3.00. The Morgan fingerprint density at radius 3 is 2.64 bits per heavy atom. The van der Waals surface area contributed by atoms with Gasteiger partial charge in [-0.15, -0.1) is 0 Å². The second-order valence-corrected chi connectivity index (χ2v) is 3.08. The minimum Gasteiger partial charge on any atom is -0.393 e. The molecule has 0 spiro atoms. The molecule has 1 rings (SSSR count). The first-order valence-corrected chi connectivity index (χ1v) is 4.09. The van der Waals surface area contributed by atoms with Gasteiger partial charge < -0.3 is 5.11 Å². The second kappa shape index (κ2) is 3.96. The van der Waals surface area contributed by atoms with Gasteiger partial charge in [0.05, 0.1) is 11.7 Å². The van der Waals surface area contributed by atoms with Crippen molar-refractivity contribution in [3.8, 4) is 0 Å². The van der Waals surface area contributed by atoms with Gasteiger partial charge in [0.2, 0.25) is 0 Å². The first-order valence-electron chi connectivity index (χ1n) is 4.09. The third-order valence-corrected chi connectivity index (χ3v) is 1.72. The molecule has 0 aliphatic rings. The summed E-state index contributed by atoms with van der Waals surface area (Å²) in [5.74, 6) is 0. The fraction of sp³-hybridized carbons (Fsp3) is 0.444. The van der Waals surface area contributed by atoms with E-state index in [9.17, 15) is 13.2 Å². The van der Waals surface area contributed by atoms with E-state index in [0.717, 1.165) is 18.5 Å². The van der Waals surface area contributed by atoms with E-state index in [1.807, 2.05) is 0 Å². The molecule has 0 amide bonds. The zero-order chi connectivity index (χ0) is 10.8. The predicted molar refractivity (Wildman–Crippen MR) is 44.6 cm³/mol. The molecule has 1 aromatic heterocycles. The number of hydrogen-bond donors (Lipinski definition) is 1. The Morgan fingerprint density at radius 2 is 2.14 bits per heavy atom. The molecule has 0 bridgehead atoms. The summed E-state index contributed by atoms with van der Waals surface area (Å²) in [5, 5.41) is 9.00. The number of rotatable bonds is 2. The van der Waals surface area contributed by atoms with E-state index in [0.29, 0.717) is 0 Å². The van der Waals surface area contributed by atoms with Gasteiger partial charge >= 0.3 is 6.18 Å². The Balaban J connectivity index is 3.04. The van der Waals surface area contributed by atoms with Crippen molar-refractivity contribution in [2.75, 3.05) is 0 Å².